The molecule has 0 saturated carbocycles. The number of esters is 1. The average Bonchev–Trinajstić information content (AvgIpc) is 3.04. The van der Waals surface area contributed by atoms with Crippen molar-refractivity contribution in [3.63, 3.8) is 0 Å². The number of benzene rings is 2. The number of hydrogen-bond donors (Lipinski definition) is 4. The first-order chi connectivity index (χ1) is 21.9. The van der Waals surface area contributed by atoms with E-state index in [9.17, 15) is 39.3 Å². The van der Waals surface area contributed by atoms with Crippen molar-refractivity contribution in [2.75, 3.05) is 13.7 Å². The lowest BCUT2D eigenvalue weighted by Gasteiger charge is -2.40. The van der Waals surface area contributed by atoms with Crippen LogP contribution in [-0.4, -0.2) is 82.7 Å². The van der Waals surface area contributed by atoms with E-state index in [0.717, 1.165) is 0 Å². The SMILES string of the molecule is CCC(=O)CCC(=O)OCC(=O)C1Cc2c(O)c3c(c(O)c2[C@@H](O[C@H]2CC(N)[C@H](O)[C@H](C)O2)C1)C(=O)c1c(OC)cccc1C3=O. The number of aliphatic hydroxyl groups is 1. The number of ketones is 4. The summed E-state index contributed by atoms with van der Waals surface area (Å²) in [6.07, 6.45) is -3.90. The van der Waals surface area contributed by atoms with E-state index in [1.54, 1.807) is 13.8 Å². The number of aliphatic hydroxyl groups excluding tert-OH is 1. The number of carbonyl (C=O) groups excluding carboxylic acids is 5. The summed E-state index contributed by atoms with van der Waals surface area (Å²) in [7, 11) is 1.34. The topological polar surface area (TPSA) is 209 Å². The van der Waals surface area contributed by atoms with E-state index in [0.29, 0.717) is 0 Å². The van der Waals surface area contributed by atoms with Gasteiger partial charge >= 0.3 is 5.97 Å². The first kappa shape index (κ1) is 33.2. The van der Waals surface area contributed by atoms with Gasteiger partial charge in [-0.3, -0.25) is 24.0 Å². The number of nitrogens with two attached hydrogens (primary N) is 1. The number of rotatable bonds is 10. The predicted octanol–water partition coefficient (Wildman–Crippen LogP) is 2.20. The Morgan fingerprint density at radius 3 is 2.41 bits per heavy atom. The Labute approximate surface area is 264 Å². The fraction of sp³-hybridized carbons (Fsp3) is 0.485. The summed E-state index contributed by atoms with van der Waals surface area (Å²) in [5, 5.41) is 33.5. The third-order valence-electron chi connectivity index (χ3n) is 8.93. The van der Waals surface area contributed by atoms with Crippen LogP contribution in [-0.2, 0) is 35.0 Å². The van der Waals surface area contributed by atoms with E-state index in [4.69, 9.17) is 24.7 Å². The molecule has 1 saturated heterocycles. The van der Waals surface area contributed by atoms with Crippen LogP contribution in [0.1, 0.15) is 95.0 Å². The van der Waals surface area contributed by atoms with Crippen molar-refractivity contribution in [2.24, 2.45) is 11.7 Å². The van der Waals surface area contributed by atoms with Crippen LogP contribution in [0.15, 0.2) is 18.2 Å². The minimum absolute atomic E-state index is 0.00539. The second-order valence-corrected chi connectivity index (χ2v) is 11.8. The molecule has 46 heavy (non-hydrogen) atoms. The summed E-state index contributed by atoms with van der Waals surface area (Å²) < 4.78 is 22.5. The number of Topliss-reactive ketones (excluding diaryl/α,β-unsaturated/α-hetero) is 2. The van der Waals surface area contributed by atoms with Crippen LogP contribution >= 0.6 is 0 Å². The first-order valence-electron chi connectivity index (χ1n) is 15.2. The number of fused-ring (bicyclic) bond motifs is 3. The van der Waals surface area contributed by atoms with Gasteiger partial charge in [-0.1, -0.05) is 19.1 Å². The summed E-state index contributed by atoms with van der Waals surface area (Å²) >= 11 is 0. The Balaban J connectivity index is 1.52. The highest BCUT2D eigenvalue weighted by Gasteiger charge is 2.45. The monoisotopic (exact) mass is 639 g/mol. The molecule has 0 bridgehead atoms. The molecular formula is C33H37NO12. The van der Waals surface area contributed by atoms with Crippen molar-refractivity contribution in [2.45, 2.75) is 83.0 Å². The van der Waals surface area contributed by atoms with E-state index in [1.807, 2.05) is 0 Å². The predicted molar refractivity (Wildman–Crippen MR) is 159 cm³/mol. The molecule has 3 aliphatic rings. The molecule has 0 radical (unpaired) electrons. The molecule has 2 aliphatic carbocycles. The first-order valence-corrected chi connectivity index (χ1v) is 15.2. The quantitative estimate of drug-likeness (QED) is 0.185. The Morgan fingerprint density at radius 2 is 1.74 bits per heavy atom. The highest BCUT2D eigenvalue weighted by Crippen LogP contribution is 2.51. The lowest BCUT2D eigenvalue weighted by molar-refractivity contribution is -0.243. The fourth-order valence-corrected chi connectivity index (χ4v) is 6.36. The molecule has 5 N–H and O–H groups in total. The van der Waals surface area contributed by atoms with Crippen LogP contribution in [0.4, 0.5) is 0 Å². The third kappa shape index (κ3) is 6.03. The zero-order valence-electron chi connectivity index (χ0n) is 25.7. The van der Waals surface area contributed by atoms with Crippen molar-refractivity contribution >= 4 is 29.1 Å². The maximum Gasteiger partial charge on any atom is 0.306 e. The number of aromatic hydroxyl groups is 2. The Bertz CT molecular complexity index is 1590. The van der Waals surface area contributed by atoms with Crippen molar-refractivity contribution in [1.29, 1.82) is 0 Å². The smallest absolute Gasteiger partial charge is 0.306 e. The number of methoxy groups -OCH3 is 1. The summed E-state index contributed by atoms with van der Waals surface area (Å²) in [6.45, 7) is 2.68. The number of phenolic OH excluding ortho intramolecular Hbond substituents is 2. The van der Waals surface area contributed by atoms with Crippen LogP contribution in [0.5, 0.6) is 17.2 Å². The maximum absolute atomic E-state index is 13.8. The van der Waals surface area contributed by atoms with Crippen molar-refractivity contribution < 1.29 is 58.2 Å². The molecule has 13 nitrogen and oxygen atoms in total. The van der Waals surface area contributed by atoms with Gasteiger partial charge in [0.1, 0.15) is 29.6 Å². The van der Waals surface area contributed by atoms with Crippen molar-refractivity contribution in [3.8, 4) is 17.2 Å². The average molecular weight is 640 g/mol. The fourth-order valence-electron chi connectivity index (χ4n) is 6.36. The van der Waals surface area contributed by atoms with E-state index in [2.05, 4.69) is 0 Å². The molecule has 2 aromatic rings. The lowest BCUT2D eigenvalue weighted by Crippen LogP contribution is -2.52. The summed E-state index contributed by atoms with van der Waals surface area (Å²) in [5.41, 5.74) is 5.20. The van der Waals surface area contributed by atoms with Crippen LogP contribution < -0.4 is 10.5 Å². The molecule has 2 unspecified atom stereocenters. The molecule has 1 aliphatic heterocycles. The van der Waals surface area contributed by atoms with E-state index >= 15 is 0 Å². The molecule has 1 heterocycles. The van der Waals surface area contributed by atoms with Crippen LogP contribution in [0, 0.1) is 5.92 Å². The Hall–Kier alpha value is -4.17. The van der Waals surface area contributed by atoms with Crippen LogP contribution in [0.3, 0.4) is 0 Å². The molecule has 246 valence electrons. The summed E-state index contributed by atoms with van der Waals surface area (Å²) in [6, 6.07) is 3.73. The minimum Gasteiger partial charge on any atom is -0.507 e. The van der Waals surface area contributed by atoms with Gasteiger partial charge in [0.2, 0.25) is 5.78 Å². The molecular weight excluding hydrogens is 602 g/mol. The molecule has 5 rings (SSSR count). The number of phenols is 2. The van der Waals surface area contributed by atoms with E-state index in [-0.39, 0.29) is 72.3 Å². The summed E-state index contributed by atoms with van der Waals surface area (Å²) in [4.78, 5) is 64.6. The van der Waals surface area contributed by atoms with Gasteiger partial charge in [0, 0.05) is 47.9 Å². The lowest BCUT2D eigenvalue weighted by atomic mass is 9.73. The minimum atomic E-state index is -1.15. The van der Waals surface area contributed by atoms with Gasteiger partial charge in [0.05, 0.1) is 48.5 Å². The second-order valence-electron chi connectivity index (χ2n) is 11.8. The zero-order valence-corrected chi connectivity index (χ0v) is 25.7. The Kier molecular flexibility index (Phi) is 9.59. The van der Waals surface area contributed by atoms with E-state index < -0.39 is 89.1 Å². The largest absolute Gasteiger partial charge is 0.507 e. The van der Waals surface area contributed by atoms with Gasteiger partial charge in [-0.15, -0.1) is 0 Å². The van der Waals surface area contributed by atoms with Crippen molar-refractivity contribution in [3.05, 3.63) is 51.6 Å². The molecule has 0 amide bonds. The van der Waals surface area contributed by atoms with Crippen LogP contribution in [0.2, 0.25) is 0 Å². The van der Waals surface area contributed by atoms with E-state index in [1.165, 1.54) is 25.3 Å². The van der Waals surface area contributed by atoms with Gasteiger partial charge in [-0.05, 0) is 25.8 Å². The molecule has 0 aromatic heterocycles. The molecule has 1 fully saturated rings. The van der Waals surface area contributed by atoms with Crippen LogP contribution in [0.25, 0.3) is 0 Å². The molecule has 13 heteroatoms. The second kappa shape index (κ2) is 13.3. The Morgan fingerprint density at radius 1 is 1.02 bits per heavy atom. The molecule has 6 atom stereocenters. The maximum atomic E-state index is 13.8. The highest BCUT2D eigenvalue weighted by molar-refractivity contribution is 6.31. The van der Waals surface area contributed by atoms with Gasteiger partial charge in [0.15, 0.2) is 17.9 Å². The van der Waals surface area contributed by atoms with Gasteiger partial charge in [-0.25, -0.2) is 0 Å². The third-order valence-corrected chi connectivity index (χ3v) is 8.93. The van der Waals surface area contributed by atoms with Gasteiger partial charge in [0.25, 0.3) is 0 Å². The molecule has 2 aromatic carbocycles. The van der Waals surface area contributed by atoms with Gasteiger partial charge in [-0.2, -0.15) is 0 Å². The highest BCUT2D eigenvalue weighted by atomic mass is 16.7. The number of carbonyl (C=O) groups is 5. The number of hydrogen-bond acceptors (Lipinski definition) is 13. The van der Waals surface area contributed by atoms with Gasteiger partial charge < -0.3 is 40.0 Å². The number of ether oxygens (including phenoxy) is 4. The standard InChI is InChI=1S/C33H37NO12/c1-4-16(35)8-9-23(37)44-13-20(36)15-10-18-26(22(11-15)46-24-12-19(34)29(38)14(2)45-24)33(42)28-27(31(18)40)30(39)17-6-5-7-21(43-3)25(17)32(28)41/h5-7,14-15,19,22,24,29,38,40,42H,4,8-13,34H2,1-3H3/t14-,15?,19?,22-,24-,29+/m0/s1. The normalized spacial score (nSPS) is 25.2. The summed E-state index contributed by atoms with van der Waals surface area (Å²) in [5.74, 6) is -4.78. The van der Waals surface area contributed by atoms with Crippen molar-refractivity contribution in [1.82, 2.24) is 0 Å². The molecule has 0 spiro atoms. The zero-order chi connectivity index (χ0) is 33.4.